The molecule has 2 saturated heterocycles. The molecule has 3 N–H and O–H groups in total. The molecule has 23 heavy (non-hydrogen) atoms. The van der Waals surface area contributed by atoms with E-state index in [1.165, 1.54) is 0 Å². The van der Waals surface area contributed by atoms with E-state index >= 15 is 0 Å². The highest BCUT2D eigenvalue weighted by Gasteiger charge is 2.33. The summed E-state index contributed by atoms with van der Waals surface area (Å²) in [4.78, 5) is 24.1. The average molecular weight is 325 g/mol. The molecule has 3 rings (SSSR count). The second kappa shape index (κ2) is 6.11. The Kier molecular flexibility index (Phi) is 4.16. The molecule has 0 radical (unpaired) electrons. The van der Waals surface area contributed by atoms with Crippen LogP contribution in [-0.2, 0) is 9.53 Å². The SMILES string of the molecule is NC[C@H]1CN(c2cc(F)c(C3CCC(=O)NC3)c(F)c2)C(=O)O1. The predicted octanol–water partition coefficient (Wildman–Crippen LogP) is 1.24. The first kappa shape index (κ1) is 15.7. The van der Waals surface area contributed by atoms with Gasteiger partial charge in [-0.2, -0.15) is 0 Å². The van der Waals surface area contributed by atoms with E-state index in [1.54, 1.807) is 0 Å². The molecule has 2 heterocycles. The highest BCUT2D eigenvalue weighted by molar-refractivity contribution is 5.89. The summed E-state index contributed by atoms with van der Waals surface area (Å²) < 4.78 is 33.8. The largest absolute Gasteiger partial charge is 0.443 e. The molecule has 124 valence electrons. The van der Waals surface area contributed by atoms with E-state index in [4.69, 9.17) is 10.5 Å². The molecular weight excluding hydrogens is 308 g/mol. The van der Waals surface area contributed by atoms with E-state index in [9.17, 15) is 18.4 Å². The summed E-state index contributed by atoms with van der Waals surface area (Å²) in [5, 5.41) is 2.60. The Morgan fingerprint density at radius 1 is 1.30 bits per heavy atom. The minimum absolute atomic E-state index is 0.0586. The molecule has 1 aromatic rings. The van der Waals surface area contributed by atoms with Gasteiger partial charge >= 0.3 is 6.09 Å². The maximum Gasteiger partial charge on any atom is 0.414 e. The predicted molar refractivity (Wildman–Crippen MR) is 78.0 cm³/mol. The monoisotopic (exact) mass is 325 g/mol. The Morgan fingerprint density at radius 2 is 2.00 bits per heavy atom. The lowest BCUT2D eigenvalue weighted by atomic mass is 9.90. The Labute approximate surface area is 131 Å². The summed E-state index contributed by atoms with van der Waals surface area (Å²) in [5.41, 5.74) is 5.49. The minimum atomic E-state index is -0.731. The van der Waals surface area contributed by atoms with Crippen molar-refractivity contribution in [3.63, 3.8) is 0 Å². The van der Waals surface area contributed by atoms with Crippen molar-refractivity contribution in [2.24, 2.45) is 5.73 Å². The molecule has 0 aromatic heterocycles. The molecule has 1 aromatic carbocycles. The van der Waals surface area contributed by atoms with Gasteiger partial charge in [-0.25, -0.2) is 13.6 Å². The first-order chi connectivity index (χ1) is 11.0. The maximum atomic E-state index is 14.4. The number of nitrogens with one attached hydrogen (secondary N) is 1. The molecule has 0 saturated carbocycles. The summed E-state index contributed by atoms with van der Waals surface area (Å²) in [5.74, 6) is -1.99. The van der Waals surface area contributed by atoms with Gasteiger partial charge in [0.05, 0.1) is 12.2 Å². The van der Waals surface area contributed by atoms with Crippen molar-refractivity contribution in [1.82, 2.24) is 5.32 Å². The molecule has 2 fully saturated rings. The van der Waals surface area contributed by atoms with Crippen LogP contribution in [0.15, 0.2) is 12.1 Å². The van der Waals surface area contributed by atoms with Gasteiger partial charge in [0.1, 0.15) is 17.7 Å². The Hall–Kier alpha value is -2.22. The Balaban J connectivity index is 1.86. The number of hydrogen-bond donors (Lipinski definition) is 2. The number of nitrogens with zero attached hydrogens (tertiary/aromatic N) is 1. The lowest BCUT2D eigenvalue weighted by molar-refractivity contribution is -0.122. The summed E-state index contributed by atoms with van der Waals surface area (Å²) in [7, 11) is 0. The molecule has 2 amide bonds. The number of nitrogens with two attached hydrogens (primary N) is 1. The van der Waals surface area contributed by atoms with Crippen LogP contribution >= 0.6 is 0 Å². The van der Waals surface area contributed by atoms with Crippen molar-refractivity contribution in [3.8, 4) is 0 Å². The van der Waals surface area contributed by atoms with Gasteiger partial charge < -0.3 is 15.8 Å². The number of cyclic esters (lactones) is 1. The van der Waals surface area contributed by atoms with Gasteiger partial charge in [-0.05, 0) is 18.6 Å². The van der Waals surface area contributed by atoms with E-state index in [0.717, 1.165) is 17.0 Å². The molecule has 0 bridgehead atoms. The van der Waals surface area contributed by atoms with Crippen LogP contribution in [-0.4, -0.2) is 37.7 Å². The summed E-state index contributed by atoms with van der Waals surface area (Å²) in [6.07, 6.45) is -0.527. The van der Waals surface area contributed by atoms with Gasteiger partial charge in [-0.1, -0.05) is 0 Å². The summed E-state index contributed by atoms with van der Waals surface area (Å²) >= 11 is 0. The van der Waals surface area contributed by atoms with E-state index in [1.807, 2.05) is 0 Å². The number of carbonyl (C=O) groups excluding carboxylic acids is 2. The molecule has 0 spiro atoms. The Morgan fingerprint density at radius 3 is 2.52 bits per heavy atom. The highest BCUT2D eigenvalue weighted by atomic mass is 19.1. The van der Waals surface area contributed by atoms with Crippen molar-refractivity contribution in [1.29, 1.82) is 0 Å². The van der Waals surface area contributed by atoms with Gasteiger partial charge in [0.25, 0.3) is 0 Å². The van der Waals surface area contributed by atoms with Crippen molar-refractivity contribution < 1.29 is 23.1 Å². The lowest BCUT2D eigenvalue weighted by Crippen LogP contribution is -2.34. The number of rotatable bonds is 3. The van der Waals surface area contributed by atoms with Crippen molar-refractivity contribution >= 4 is 17.7 Å². The van der Waals surface area contributed by atoms with Gasteiger partial charge in [0.15, 0.2) is 0 Å². The number of piperidine rings is 1. The minimum Gasteiger partial charge on any atom is -0.443 e. The third-order valence-electron chi connectivity index (χ3n) is 4.19. The number of hydrogen-bond acceptors (Lipinski definition) is 4. The van der Waals surface area contributed by atoms with E-state index < -0.39 is 29.7 Å². The number of ether oxygens (including phenoxy) is 1. The van der Waals surface area contributed by atoms with Crippen molar-refractivity contribution in [3.05, 3.63) is 29.3 Å². The normalized spacial score (nSPS) is 24.6. The second-order valence-electron chi connectivity index (χ2n) is 5.71. The fourth-order valence-electron chi connectivity index (χ4n) is 2.95. The zero-order chi connectivity index (χ0) is 16.6. The van der Waals surface area contributed by atoms with Gasteiger partial charge in [0.2, 0.25) is 5.91 Å². The maximum absolute atomic E-state index is 14.4. The third kappa shape index (κ3) is 2.98. The first-order valence-corrected chi connectivity index (χ1v) is 7.43. The molecular formula is C15H17F2N3O3. The number of halogens is 2. The standard InChI is InChI=1S/C15H17F2N3O3/c16-11-3-9(20-7-10(5-18)23-15(20)22)4-12(17)14(11)8-1-2-13(21)19-6-8/h3-4,8,10H,1-2,5-7,18H2,(H,19,21)/t8?,10-/m0/s1. The molecule has 2 aliphatic rings. The Bertz CT molecular complexity index is 620. The number of anilines is 1. The fourth-order valence-corrected chi connectivity index (χ4v) is 2.95. The second-order valence-corrected chi connectivity index (χ2v) is 5.71. The number of benzene rings is 1. The van der Waals surface area contributed by atoms with E-state index in [0.29, 0.717) is 6.42 Å². The molecule has 6 nitrogen and oxygen atoms in total. The zero-order valence-corrected chi connectivity index (χ0v) is 12.4. The third-order valence-corrected chi connectivity index (χ3v) is 4.19. The number of amides is 2. The van der Waals surface area contributed by atoms with E-state index in [-0.39, 0.29) is 43.2 Å². The van der Waals surface area contributed by atoms with E-state index in [2.05, 4.69) is 5.32 Å². The quantitative estimate of drug-likeness (QED) is 0.876. The molecule has 0 aliphatic carbocycles. The van der Waals surface area contributed by atoms with Gasteiger partial charge in [0, 0.05) is 31.0 Å². The highest BCUT2D eigenvalue weighted by Crippen LogP contribution is 2.32. The van der Waals surface area contributed by atoms with Crippen LogP contribution in [0.2, 0.25) is 0 Å². The van der Waals surface area contributed by atoms with Gasteiger partial charge in [-0.3, -0.25) is 9.69 Å². The lowest BCUT2D eigenvalue weighted by Gasteiger charge is -2.24. The zero-order valence-electron chi connectivity index (χ0n) is 12.4. The molecule has 2 atom stereocenters. The van der Waals surface area contributed by atoms with Crippen molar-refractivity contribution in [2.45, 2.75) is 24.9 Å². The van der Waals surface area contributed by atoms with Crippen LogP contribution in [0.3, 0.4) is 0 Å². The fraction of sp³-hybridized carbons (Fsp3) is 0.467. The topological polar surface area (TPSA) is 84.7 Å². The molecule has 2 aliphatic heterocycles. The molecule has 8 heteroatoms. The van der Waals surface area contributed by atoms with Crippen LogP contribution in [0.1, 0.15) is 24.3 Å². The molecule has 1 unspecified atom stereocenters. The van der Waals surface area contributed by atoms with Crippen LogP contribution < -0.4 is 16.0 Å². The van der Waals surface area contributed by atoms with Crippen LogP contribution in [0.4, 0.5) is 19.3 Å². The first-order valence-electron chi connectivity index (χ1n) is 7.43. The van der Waals surface area contributed by atoms with Gasteiger partial charge in [-0.15, -0.1) is 0 Å². The van der Waals surface area contributed by atoms with Crippen LogP contribution in [0, 0.1) is 11.6 Å². The number of carbonyl (C=O) groups is 2. The smallest absolute Gasteiger partial charge is 0.414 e. The summed E-state index contributed by atoms with van der Waals surface area (Å²) in [6.45, 7) is 0.507. The van der Waals surface area contributed by atoms with Crippen LogP contribution in [0.5, 0.6) is 0 Å². The average Bonchev–Trinajstić information content (AvgIpc) is 2.89. The summed E-state index contributed by atoms with van der Waals surface area (Å²) in [6, 6.07) is 2.24. The van der Waals surface area contributed by atoms with Crippen LogP contribution in [0.25, 0.3) is 0 Å². The van der Waals surface area contributed by atoms with Crippen molar-refractivity contribution in [2.75, 3.05) is 24.5 Å².